The van der Waals surface area contributed by atoms with Crippen LogP contribution in [0.5, 0.6) is 0 Å². The number of nitrogens with zero attached hydrogens (tertiary/aromatic N) is 2. The van der Waals surface area contributed by atoms with Crippen LogP contribution >= 0.6 is 0 Å². The maximum absolute atomic E-state index is 12.0. The van der Waals surface area contributed by atoms with E-state index in [4.69, 9.17) is 0 Å². The van der Waals surface area contributed by atoms with Gasteiger partial charge in [-0.1, -0.05) is 0 Å². The van der Waals surface area contributed by atoms with Crippen molar-refractivity contribution in [2.45, 2.75) is 12.2 Å². The number of amidine groups is 1. The van der Waals surface area contributed by atoms with Crippen molar-refractivity contribution in [2.24, 2.45) is 4.99 Å². The molecule has 1 aromatic heterocycles. The first-order valence-electron chi connectivity index (χ1n) is 5.20. The molecule has 1 fully saturated rings. The number of ketones is 1. The zero-order valence-electron chi connectivity index (χ0n) is 9.38. The van der Waals surface area contributed by atoms with Crippen molar-refractivity contribution in [1.82, 2.24) is 4.90 Å². The van der Waals surface area contributed by atoms with Crippen molar-refractivity contribution >= 4 is 45.9 Å². The number of hydrogen-bond donors (Lipinski definition) is 0. The second kappa shape index (κ2) is 5.78. The third kappa shape index (κ3) is 3.39. The van der Waals surface area contributed by atoms with Gasteiger partial charge in [0, 0.05) is 0 Å². The Labute approximate surface area is 112 Å². The Morgan fingerprint density at radius 1 is 1.53 bits per heavy atom. The molecule has 0 radical (unpaired) electrons. The molecule has 1 aromatic rings. The van der Waals surface area contributed by atoms with E-state index in [0.29, 0.717) is 6.54 Å². The van der Waals surface area contributed by atoms with E-state index in [0.717, 1.165) is 21.0 Å². The molecule has 0 aliphatic carbocycles. The number of aliphatic imine (C=N–C) groups is 1. The number of Topliss-reactive ketones (excluding diaryl/α,β-unsaturated/α-hetero) is 1. The molecule has 2 rings (SSSR count). The van der Waals surface area contributed by atoms with E-state index < -0.39 is 0 Å². The first kappa shape index (κ1) is 12.8. The van der Waals surface area contributed by atoms with Gasteiger partial charge in [-0.15, -0.1) is 0 Å². The number of rotatable bonds is 3. The van der Waals surface area contributed by atoms with Crippen LogP contribution in [0, 0.1) is 0 Å². The number of hydrogen-bond acceptors (Lipinski definition) is 2. The van der Waals surface area contributed by atoms with Gasteiger partial charge in [0.1, 0.15) is 0 Å². The van der Waals surface area contributed by atoms with E-state index in [-0.39, 0.29) is 41.2 Å². The summed E-state index contributed by atoms with van der Waals surface area (Å²) in [5.41, 5.74) is 0. The summed E-state index contributed by atoms with van der Waals surface area (Å²) >= 11 is 0.444. The maximum atomic E-state index is 12.0. The van der Waals surface area contributed by atoms with Gasteiger partial charge in [0.2, 0.25) is 0 Å². The van der Waals surface area contributed by atoms with Gasteiger partial charge in [-0.2, -0.15) is 0 Å². The van der Waals surface area contributed by atoms with E-state index in [9.17, 15) is 9.59 Å². The van der Waals surface area contributed by atoms with Crippen LogP contribution in [0.15, 0.2) is 22.1 Å². The minimum atomic E-state index is -0.174. The van der Waals surface area contributed by atoms with Gasteiger partial charge in [-0.25, -0.2) is 0 Å². The van der Waals surface area contributed by atoms with E-state index >= 15 is 0 Å². The van der Waals surface area contributed by atoms with Crippen LogP contribution in [0.2, 0.25) is 5.32 Å². The van der Waals surface area contributed by atoms with E-state index in [1.165, 1.54) is 6.92 Å². The quantitative estimate of drug-likeness (QED) is 0.573. The number of carbonyl (C=O) groups excluding carboxylic acids is 2. The average Bonchev–Trinajstić information content (AvgIpc) is 2.89. The molecule has 4 nitrogen and oxygen atoms in total. The fourth-order valence-corrected chi connectivity index (χ4v) is 5.04. The summed E-state index contributed by atoms with van der Waals surface area (Å²) < 4.78 is 1.75. The Kier molecular flexibility index (Phi) is 4.35. The van der Waals surface area contributed by atoms with Gasteiger partial charge < -0.3 is 0 Å². The summed E-state index contributed by atoms with van der Waals surface area (Å²) in [7, 11) is 0. The van der Waals surface area contributed by atoms with Crippen LogP contribution in [-0.4, -0.2) is 63.9 Å². The molecule has 0 spiro atoms. The molecule has 0 bridgehead atoms. The molecular weight excluding hydrogens is 350 g/mol. The molecule has 0 atom stereocenters. The van der Waals surface area contributed by atoms with Crippen molar-refractivity contribution < 1.29 is 9.59 Å². The molecule has 1 aliphatic heterocycles. The van der Waals surface area contributed by atoms with Gasteiger partial charge in [0.15, 0.2) is 0 Å². The molecule has 1 amide bonds. The van der Waals surface area contributed by atoms with Crippen LogP contribution in [-0.2, 0) is 4.79 Å². The van der Waals surface area contributed by atoms with Crippen molar-refractivity contribution in [3.05, 3.63) is 21.5 Å². The zero-order chi connectivity index (χ0) is 12.3. The molecule has 90 valence electrons. The van der Waals surface area contributed by atoms with Crippen LogP contribution in [0.1, 0.15) is 16.2 Å². The van der Waals surface area contributed by atoms with Crippen molar-refractivity contribution in [1.29, 1.82) is 0 Å². The third-order valence-electron chi connectivity index (χ3n) is 2.25. The van der Waals surface area contributed by atoms with Gasteiger partial charge in [0.25, 0.3) is 0 Å². The zero-order valence-corrected chi connectivity index (χ0v) is 12.8. The standard InChI is InChI=1S/C11H12N2O2Se2/c1-8(14)12-11-13(4-6-17-11)7-9(15)10-3-2-5-16-10/h2-3,5H,4,6-7H2,1H3. The molecule has 0 unspecified atom stereocenters. The molecule has 0 saturated carbocycles. The van der Waals surface area contributed by atoms with E-state index in [1.807, 2.05) is 22.0 Å². The summed E-state index contributed by atoms with van der Waals surface area (Å²) in [6, 6.07) is 3.83. The molecule has 17 heavy (non-hydrogen) atoms. The fourth-order valence-electron chi connectivity index (χ4n) is 1.51. The molecular formula is C11H12N2O2Se2. The predicted molar refractivity (Wildman–Crippen MR) is 68.0 cm³/mol. The second-order valence-corrected chi connectivity index (χ2v) is 7.80. The minimum absolute atomic E-state index is 0.170. The van der Waals surface area contributed by atoms with Crippen molar-refractivity contribution in [3.63, 3.8) is 0 Å². The number of amides is 1. The molecule has 0 N–H and O–H groups in total. The third-order valence-corrected chi connectivity index (χ3v) is 6.24. The molecule has 0 aromatic carbocycles. The summed E-state index contributed by atoms with van der Waals surface area (Å²) in [5.74, 6) is -0.00357. The van der Waals surface area contributed by atoms with Gasteiger partial charge in [0.05, 0.1) is 0 Å². The Bertz CT molecular complexity index is 454. The van der Waals surface area contributed by atoms with E-state index in [2.05, 4.69) is 4.99 Å². The van der Waals surface area contributed by atoms with Crippen LogP contribution in [0.3, 0.4) is 0 Å². The SMILES string of the molecule is CC(=O)N=C1[Se]CCN1CC(=O)c1ccc[se]1. The monoisotopic (exact) mass is 364 g/mol. The van der Waals surface area contributed by atoms with Gasteiger partial charge >= 0.3 is 112 Å². The van der Waals surface area contributed by atoms with Gasteiger partial charge in [-0.05, 0) is 0 Å². The molecule has 1 saturated heterocycles. The first-order valence-corrected chi connectivity index (χ1v) is 9.12. The normalized spacial score (nSPS) is 17.7. The topological polar surface area (TPSA) is 49.7 Å². The Morgan fingerprint density at radius 3 is 3.00 bits per heavy atom. The fraction of sp³-hybridized carbons (Fsp3) is 0.364. The van der Waals surface area contributed by atoms with E-state index in [1.54, 1.807) is 0 Å². The molecule has 1 aliphatic rings. The predicted octanol–water partition coefficient (Wildman–Crippen LogP) is 0.267. The Hall–Kier alpha value is -0.671. The van der Waals surface area contributed by atoms with Crippen molar-refractivity contribution in [2.75, 3.05) is 13.1 Å². The van der Waals surface area contributed by atoms with Crippen LogP contribution < -0.4 is 0 Å². The molecule has 6 heteroatoms. The molecule has 2 heterocycles. The van der Waals surface area contributed by atoms with Crippen LogP contribution in [0.4, 0.5) is 0 Å². The van der Waals surface area contributed by atoms with Gasteiger partial charge in [-0.3, -0.25) is 0 Å². The van der Waals surface area contributed by atoms with Crippen molar-refractivity contribution in [3.8, 4) is 0 Å². The Morgan fingerprint density at radius 2 is 2.35 bits per heavy atom. The van der Waals surface area contributed by atoms with Crippen LogP contribution in [0.25, 0.3) is 0 Å². The summed E-state index contributed by atoms with van der Waals surface area (Å²) in [5, 5.41) is 1.04. The average molecular weight is 362 g/mol. The Balaban J connectivity index is 2.03. The number of carbonyl (C=O) groups is 2. The second-order valence-electron chi connectivity index (χ2n) is 3.58. The summed E-state index contributed by atoms with van der Waals surface area (Å²) in [6.45, 7) is 2.68. The summed E-state index contributed by atoms with van der Waals surface area (Å²) in [4.78, 5) is 30.9. The summed E-state index contributed by atoms with van der Waals surface area (Å²) in [6.07, 6.45) is 0. The first-order chi connectivity index (χ1) is 8.16.